The van der Waals surface area contributed by atoms with Crippen LogP contribution in [0.4, 0.5) is 8.78 Å². The van der Waals surface area contributed by atoms with Crippen LogP contribution in [0.3, 0.4) is 0 Å². The van der Waals surface area contributed by atoms with E-state index in [1.54, 1.807) is 6.07 Å². The average molecular weight is 200 g/mol. The molecule has 0 spiro atoms. The Morgan fingerprint density at radius 1 is 1.36 bits per heavy atom. The molecule has 3 heteroatoms. The first-order valence-corrected chi connectivity index (χ1v) is 4.69. The van der Waals surface area contributed by atoms with Crippen LogP contribution >= 0.6 is 0 Å². The molecule has 0 bridgehead atoms. The standard InChI is InChI=1S/C11H14F2O/c1-8(7-14)5-6-9-3-2-4-10(12)11(9)13/h2-4,8,14H,5-7H2,1H3. The second kappa shape index (κ2) is 5.05. The maximum absolute atomic E-state index is 13.1. The monoisotopic (exact) mass is 200 g/mol. The fraction of sp³-hybridized carbons (Fsp3) is 0.455. The van der Waals surface area contributed by atoms with Crippen molar-refractivity contribution in [1.29, 1.82) is 0 Å². The fourth-order valence-corrected chi connectivity index (χ4v) is 1.23. The fourth-order valence-electron chi connectivity index (χ4n) is 1.23. The van der Waals surface area contributed by atoms with Gasteiger partial charge in [0.15, 0.2) is 11.6 Å². The van der Waals surface area contributed by atoms with Crippen molar-refractivity contribution in [3.63, 3.8) is 0 Å². The van der Waals surface area contributed by atoms with Gasteiger partial charge in [-0.25, -0.2) is 8.78 Å². The third kappa shape index (κ3) is 2.77. The van der Waals surface area contributed by atoms with Crippen LogP contribution in [0.2, 0.25) is 0 Å². The molecule has 0 saturated heterocycles. The zero-order valence-corrected chi connectivity index (χ0v) is 8.13. The van der Waals surface area contributed by atoms with E-state index >= 15 is 0 Å². The summed E-state index contributed by atoms with van der Waals surface area (Å²) in [6.07, 6.45) is 1.13. The molecule has 14 heavy (non-hydrogen) atoms. The topological polar surface area (TPSA) is 20.2 Å². The highest BCUT2D eigenvalue weighted by atomic mass is 19.2. The molecule has 0 radical (unpaired) electrons. The summed E-state index contributed by atoms with van der Waals surface area (Å²) < 4.78 is 25.9. The summed E-state index contributed by atoms with van der Waals surface area (Å²) >= 11 is 0. The zero-order valence-electron chi connectivity index (χ0n) is 8.13. The van der Waals surface area contributed by atoms with Gasteiger partial charge in [0.2, 0.25) is 0 Å². The lowest BCUT2D eigenvalue weighted by Crippen LogP contribution is -2.03. The normalized spacial score (nSPS) is 12.9. The molecule has 0 heterocycles. The van der Waals surface area contributed by atoms with Crippen LogP contribution in [0.15, 0.2) is 18.2 Å². The molecule has 1 rings (SSSR count). The first-order valence-electron chi connectivity index (χ1n) is 4.69. The van der Waals surface area contributed by atoms with Gasteiger partial charge >= 0.3 is 0 Å². The summed E-state index contributed by atoms with van der Waals surface area (Å²) in [5.41, 5.74) is 0.380. The van der Waals surface area contributed by atoms with Gasteiger partial charge < -0.3 is 5.11 Å². The van der Waals surface area contributed by atoms with E-state index in [9.17, 15) is 8.78 Å². The van der Waals surface area contributed by atoms with Gasteiger partial charge in [-0.2, -0.15) is 0 Å². The van der Waals surface area contributed by atoms with Gasteiger partial charge in [0.25, 0.3) is 0 Å². The SMILES string of the molecule is CC(CO)CCc1cccc(F)c1F. The zero-order chi connectivity index (χ0) is 10.6. The van der Waals surface area contributed by atoms with Crippen LogP contribution < -0.4 is 0 Å². The molecule has 0 aliphatic rings. The molecule has 1 aromatic rings. The Hall–Kier alpha value is -0.960. The highest BCUT2D eigenvalue weighted by Gasteiger charge is 2.08. The number of hydrogen-bond donors (Lipinski definition) is 1. The van der Waals surface area contributed by atoms with Crippen LogP contribution in [-0.4, -0.2) is 11.7 Å². The Labute approximate surface area is 82.4 Å². The molecule has 0 amide bonds. The highest BCUT2D eigenvalue weighted by molar-refractivity contribution is 5.18. The Balaban J connectivity index is 2.63. The second-order valence-corrected chi connectivity index (χ2v) is 3.54. The molecule has 0 aliphatic carbocycles. The molecule has 0 saturated carbocycles. The van der Waals surface area contributed by atoms with Gasteiger partial charge in [0.1, 0.15) is 0 Å². The number of aliphatic hydroxyl groups is 1. The van der Waals surface area contributed by atoms with E-state index in [0.29, 0.717) is 18.4 Å². The molecule has 0 aromatic heterocycles. The largest absolute Gasteiger partial charge is 0.396 e. The smallest absolute Gasteiger partial charge is 0.162 e. The van der Waals surface area contributed by atoms with Gasteiger partial charge in [-0.15, -0.1) is 0 Å². The van der Waals surface area contributed by atoms with Crippen molar-refractivity contribution in [3.8, 4) is 0 Å². The summed E-state index contributed by atoms with van der Waals surface area (Å²) in [5.74, 6) is -1.45. The first-order chi connectivity index (χ1) is 6.65. The van der Waals surface area contributed by atoms with Crippen molar-refractivity contribution >= 4 is 0 Å². The van der Waals surface area contributed by atoms with Crippen molar-refractivity contribution in [2.24, 2.45) is 5.92 Å². The van der Waals surface area contributed by atoms with E-state index < -0.39 is 11.6 Å². The number of aryl methyl sites for hydroxylation is 1. The lowest BCUT2D eigenvalue weighted by atomic mass is 10.0. The highest BCUT2D eigenvalue weighted by Crippen LogP contribution is 2.15. The Kier molecular flexibility index (Phi) is 4.01. The Morgan fingerprint density at radius 3 is 2.71 bits per heavy atom. The molecule has 1 N–H and O–H groups in total. The van der Waals surface area contributed by atoms with Crippen molar-refractivity contribution in [2.75, 3.05) is 6.61 Å². The molecule has 1 unspecified atom stereocenters. The lowest BCUT2D eigenvalue weighted by molar-refractivity contribution is 0.230. The van der Waals surface area contributed by atoms with Crippen molar-refractivity contribution in [3.05, 3.63) is 35.4 Å². The molecule has 1 aromatic carbocycles. The van der Waals surface area contributed by atoms with Crippen LogP contribution in [0.1, 0.15) is 18.9 Å². The van der Waals surface area contributed by atoms with Gasteiger partial charge in [0, 0.05) is 6.61 Å². The van der Waals surface area contributed by atoms with Crippen LogP contribution in [0.25, 0.3) is 0 Å². The van der Waals surface area contributed by atoms with Crippen LogP contribution in [0.5, 0.6) is 0 Å². The molecule has 78 valence electrons. The summed E-state index contributed by atoms with van der Waals surface area (Å²) in [6.45, 7) is 1.95. The second-order valence-electron chi connectivity index (χ2n) is 3.54. The summed E-state index contributed by atoms with van der Waals surface area (Å²) in [7, 11) is 0. The quantitative estimate of drug-likeness (QED) is 0.791. The molecular weight excluding hydrogens is 186 g/mol. The van der Waals surface area contributed by atoms with E-state index in [2.05, 4.69) is 0 Å². The van der Waals surface area contributed by atoms with Gasteiger partial charge in [0.05, 0.1) is 0 Å². The maximum Gasteiger partial charge on any atom is 0.162 e. The summed E-state index contributed by atoms with van der Waals surface area (Å²) in [4.78, 5) is 0. The molecule has 1 atom stereocenters. The number of rotatable bonds is 4. The number of benzene rings is 1. The van der Waals surface area contributed by atoms with E-state index in [1.165, 1.54) is 6.07 Å². The third-order valence-electron chi connectivity index (χ3n) is 2.25. The summed E-state index contributed by atoms with van der Waals surface area (Å²) in [5, 5.41) is 8.77. The van der Waals surface area contributed by atoms with E-state index in [1.807, 2.05) is 6.92 Å². The third-order valence-corrected chi connectivity index (χ3v) is 2.25. The maximum atomic E-state index is 13.1. The average Bonchev–Trinajstić information content (AvgIpc) is 2.20. The van der Waals surface area contributed by atoms with Crippen LogP contribution in [0, 0.1) is 17.6 Å². The minimum absolute atomic E-state index is 0.0803. The molecular formula is C11H14F2O. The lowest BCUT2D eigenvalue weighted by Gasteiger charge is -2.08. The summed E-state index contributed by atoms with van der Waals surface area (Å²) in [6, 6.07) is 4.17. The van der Waals surface area contributed by atoms with Gasteiger partial charge in [-0.05, 0) is 30.4 Å². The van der Waals surface area contributed by atoms with Crippen molar-refractivity contribution < 1.29 is 13.9 Å². The number of halogens is 2. The van der Waals surface area contributed by atoms with Crippen molar-refractivity contribution in [1.82, 2.24) is 0 Å². The minimum Gasteiger partial charge on any atom is -0.396 e. The Bertz CT molecular complexity index is 299. The van der Waals surface area contributed by atoms with E-state index in [-0.39, 0.29) is 12.5 Å². The predicted molar refractivity (Wildman–Crippen MR) is 50.9 cm³/mol. The molecule has 0 aliphatic heterocycles. The molecule has 1 nitrogen and oxygen atoms in total. The Morgan fingerprint density at radius 2 is 2.07 bits per heavy atom. The van der Waals surface area contributed by atoms with E-state index in [0.717, 1.165) is 6.07 Å². The predicted octanol–water partition coefficient (Wildman–Crippen LogP) is 2.53. The van der Waals surface area contributed by atoms with Crippen molar-refractivity contribution in [2.45, 2.75) is 19.8 Å². The van der Waals surface area contributed by atoms with Gasteiger partial charge in [-0.1, -0.05) is 19.1 Å². The molecule has 0 fully saturated rings. The first kappa shape index (κ1) is 11.1. The van der Waals surface area contributed by atoms with E-state index in [4.69, 9.17) is 5.11 Å². The number of hydrogen-bond acceptors (Lipinski definition) is 1. The minimum atomic E-state index is -0.806. The van der Waals surface area contributed by atoms with Crippen LogP contribution in [-0.2, 0) is 6.42 Å². The van der Waals surface area contributed by atoms with Gasteiger partial charge in [-0.3, -0.25) is 0 Å². The number of aliphatic hydroxyl groups excluding tert-OH is 1.